The van der Waals surface area contributed by atoms with Crippen LogP contribution in [0.2, 0.25) is 0 Å². The van der Waals surface area contributed by atoms with Gasteiger partial charge in [0, 0.05) is 55.4 Å². The van der Waals surface area contributed by atoms with E-state index in [1.807, 2.05) is 83.8 Å². The maximum absolute atomic E-state index is 15.4. The molecule has 9 rings (SSSR count). The third kappa shape index (κ3) is 9.94. The first-order valence-corrected chi connectivity index (χ1v) is 24.6. The average molecular weight is 944 g/mol. The van der Waals surface area contributed by atoms with Gasteiger partial charge >= 0.3 is 0 Å². The molecular formula is C58H61N3O9. The van der Waals surface area contributed by atoms with Crippen LogP contribution in [0.5, 0.6) is 17.2 Å². The van der Waals surface area contributed by atoms with Crippen molar-refractivity contribution in [1.82, 2.24) is 4.90 Å². The molecule has 1 fully saturated rings. The predicted octanol–water partition coefficient (Wildman–Crippen LogP) is 12.1. The molecule has 3 aliphatic rings. The van der Waals surface area contributed by atoms with Gasteiger partial charge in [0.25, 0.3) is 11.6 Å². The van der Waals surface area contributed by atoms with Crippen LogP contribution in [0.25, 0.3) is 21.5 Å². The molecule has 0 bridgehead atoms. The normalized spacial score (nSPS) is 21.8. The maximum Gasteiger partial charge on any atom is 0.269 e. The second kappa shape index (κ2) is 21.8. The molecule has 6 aromatic carbocycles. The molecule has 0 radical (unpaired) electrons. The standard InChI is InChI=1S/C58H61N3O9/c1-3-29-60(57(64)45-22-21-40-13-5-7-15-42(40)33-45)54-37-52(59-68-38-39-19-24-46(25-20-39)61(65)66)50-35-44(17-9-11-30-62)49(18-10-12-31-63)55-51-36-48(69-47-26-23-41-14-6-8-16-43(41)34-47)27-28-53(51)70-58(54,56(50)55)67-32-4-2/h4-8,13-16,19-28,33-36,44,49,54-56,62-63H,2-3,9-12,17-18,29-32,37-38H2,1H3/t44-,49+,54-,55+,56+,58+/m0/s1. The Bertz CT molecular complexity index is 2900. The zero-order valence-corrected chi connectivity index (χ0v) is 39.7. The summed E-state index contributed by atoms with van der Waals surface area (Å²) in [4.78, 5) is 34.6. The van der Waals surface area contributed by atoms with Crippen molar-refractivity contribution in [3.63, 3.8) is 0 Å². The highest BCUT2D eigenvalue weighted by molar-refractivity contribution is 6.04. The van der Waals surface area contributed by atoms with Crippen molar-refractivity contribution < 1.29 is 39.0 Å². The molecule has 70 heavy (non-hydrogen) atoms. The fourth-order valence-electron chi connectivity index (χ4n) is 11.1. The highest BCUT2D eigenvalue weighted by Crippen LogP contribution is 2.62. The molecular weight excluding hydrogens is 883 g/mol. The molecule has 1 saturated carbocycles. The number of nitro groups is 1. The van der Waals surface area contributed by atoms with E-state index in [1.54, 1.807) is 18.2 Å². The van der Waals surface area contributed by atoms with Crippen LogP contribution < -0.4 is 9.47 Å². The van der Waals surface area contributed by atoms with Gasteiger partial charge in [-0.15, -0.1) is 6.58 Å². The number of nitrogens with zero attached hydrogens (tertiary/aromatic N) is 3. The van der Waals surface area contributed by atoms with Gasteiger partial charge in [-0.05, 0) is 131 Å². The van der Waals surface area contributed by atoms with Gasteiger partial charge in [0.05, 0.1) is 23.2 Å². The number of hydrogen-bond acceptors (Lipinski definition) is 10. The van der Waals surface area contributed by atoms with Crippen molar-refractivity contribution in [3.05, 3.63) is 179 Å². The van der Waals surface area contributed by atoms with Crippen molar-refractivity contribution in [2.24, 2.45) is 22.9 Å². The van der Waals surface area contributed by atoms with Crippen LogP contribution in [-0.4, -0.2) is 69.8 Å². The topological polar surface area (TPSA) is 153 Å². The maximum atomic E-state index is 15.4. The average Bonchev–Trinajstić information content (AvgIpc) is 3.38. The van der Waals surface area contributed by atoms with Crippen LogP contribution in [0.1, 0.15) is 85.7 Å². The summed E-state index contributed by atoms with van der Waals surface area (Å²) in [5.41, 5.74) is 3.74. The van der Waals surface area contributed by atoms with Crippen LogP contribution >= 0.6 is 0 Å². The molecule has 1 amide bonds. The van der Waals surface area contributed by atoms with Gasteiger partial charge in [-0.2, -0.15) is 0 Å². The Balaban J connectivity index is 1.22. The van der Waals surface area contributed by atoms with Crippen molar-refractivity contribution in [1.29, 1.82) is 0 Å². The number of fused-ring (bicyclic) bond motifs is 4. The number of oxime groups is 1. The molecule has 12 nitrogen and oxygen atoms in total. The second-order valence-corrected chi connectivity index (χ2v) is 18.6. The lowest BCUT2D eigenvalue weighted by Crippen LogP contribution is -2.70. The monoisotopic (exact) mass is 943 g/mol. The molecule has 2 aliphatic carbocycles. The first-order valence-electron chi connectivity index (χ1n) is 24.6. The van der Waals surface area contributed by atoms with Crippen LogP contribution in [0.4, 0.5) is 5.69 Å². The van der Waals surface area contributed by atoms with Crippen molar-refractivity contribution >= 4 is 38.9 Å². The zero-order valence-electron chi connectivity index (χ0n) is 39.7. The molecule has 0 spiro atoms. The third-order valence-electron chi connectivity index (χ3n) is 14.3. The number of rotatable bonds is 21. The number of ether oxygens (including phenoxy) is 3. The lowest BCUT2D eigenvalue weighted by molar-refractivity contribution is -0.384. The number of aliphatic hydroxyl groups excluding tert-OH is 2. The molecule has 2 N–H and O–H groups in total. The number of unbranched alkanes of at least 4 members (excludes halogenated alkanes) is 2. The lowest BCUT2D eigenvalue weighted by atomic mass is 9.55. The minimum Gasteiger partial charge on any atom is -0.459 e. The molecule has 362 valence electrons. The molecule has 0 aromatic heterocycles. The minimum absolute atomic E-state index is 0.0149. The number of carbonyl (C=O) groups is 1. The highest BCUT2D eigenvalue weighted by Gasteiger charge is 2.65. The summed E-state index contributed by atoms with van der Waals surface area (Å²) in [5.74, 6) is -0.369. The van der Waals surface area contributed by atoms with E-state index in [4.69, 9.17) is 24.2 Å². The van der Waals surface area contributed by atoms with Gasteiger partial charge in [0.15, 0.2) is 0 Å². The number of carbonyl (C=O) groups excluding carboxylic acids is 1. The zero-order chi connectivity index (χ0) is 48.6. The molecule has 6 atom stereocenters. The van der Waals surface area contributed by atoms with E-state index in [2.05, 4.69) is 43.8 Å². The first kappa shape index (κ1) is 48.2. The molecule has 0 saturated heterocycles. The van der Waals surface area contributed by atoms with Gasteiger partial charge < -0.3 is 34.2 Å². The Labute approximate surface area is 409 Å². The number of nitro benzene ring substituents is 1. The van der Waals surface area contributed by atoms with Crippen LogP contribution in [0, 0.1) is 27.9 Å². The smallest absolute Gasteiger partial charge is 0.269 e. The number of hydrogen-bond donors (Lipinski definition) is 2. The third-order valence-corrected chi connectivity index (χ3v) is 14.3. The molecule has 12 heteroatoms. The molecule has 1 heterocycles. The summed E-state index contributed by atoms with van der Waals surface area (Å²) in [6, 6.07) is 39.5. The summed E-state index contributed by atoms with van der Waals surface area (Å²) < 4.78 is 21.4. The fraction of sp³-hybridized carbons (Fsp3) is 0.345. The Hall–Kier alpha value is -6.86. The highest BCUT2D eigenvalue weighted by atomic mass is 16.7. The first-order chi connectivity index (χ1) is 34.2. The van der Waals surface area contributed by atoms with Gasteiger partial charge in [-0.3, -0.25) is 14.9 Å². The lowest BCUT2D eigenvalue weighted by Gasteiger charge is -2.60. The molecule has 0 unspecified atom stereocenters. The van der Waals surface area contributed by atoms with E-state index >= 15 is 4.79 Å². The van der Waals surface area contributed by atoms with Crippen LogP contribution in [0.3, 0.4) is 0 Å². The Morgan fingerprint density at radius 1 is 0.857 bits per heavy atom. The van der Waals surface area contributed by atoms with Gasteiger partial charge in [-0.25, -0.2) is 0 Å². The van der Waals surface area contributed by atoms with Crippen LogP contribution in [-0.2, 0) is 16.2 Å². The summed E-state index contributed by atoms with van der Waals surface area (Å²) in [5, 5.41) is 40.7. The molecule has 1 aliphatic heterocycles. The summed E-state index contributed by atoms with van der Waals surface area (Å²) in [6.45, 7) is 6.87. The quantitative estimate of drug-likeness (QED) is 0.0311. The number of amides is 1. The number of aliphatic hydroxyl groups is 2. The van der Waals surface area contributed by atoms with Crippen molar-refractivity contribution in [2.45, 2.75) is 82.6 Å². The van der Waals surface area contributed by atoms with E-state index in [0.29, 0.717) is 59.9 Å². The summed E-state index contributed by atoms with van der Waals surface area (Å²) in [7, 11) is 0. The summed E-state index contributed by atoms with van der Waals surface area (Å²) in [6.07, 6.45) is 9.34. The second-order valence-electron chi connectivity index (χ2n) is 18.6. The van der Waals surface area contributed by atoms with Gasteiger partial charge in [0.2, 0.25) is 5.79 Å². The summed E-state index contributed by atoms with van der Waals surface area (Å²) >= 11 is 0. The number of non-ortho nitro benzene ring substituents is 1. The van der Waals surface area contributed by atoms with Gasteiger partial charge in [-0.1, -0.05) is 97.7 Å². The van der Waals surface area contributed by atoms with E-state index in [-0.39, 0.29) is 62.2 Å². The van der Waals surface area contributed by atoms with Crippen molar-refractivity contribution in [2.75, 3.05) is 26.4 Å². The predicted molar refractivity (Wildman–Crippen MR) is 272 cm³/mol. The number of allylic oxidation sites excluding steroid dienone is 1. The molecule has 6 aromatic rings. The Morgan fingerprint density at radius 2 is 1.53 bits per heavy atom. The van der Waals surface area contributed by atoms with Gasteiger partial charge in [0.1, 0.15) is 29.9 Å². The van der Waals surface area contributed by atoms with E-state index in [1.165, 1.54) is 12.1 Å². The Morgan fingerprint density at radius 3 is 2.23 bits per heavy atom. The van der Waals surface area contributed by atoms with E-state index in [9.17, 15) is 20.3 Å². The fourth-order valence-corrected chi connectivity index (χ4v) is 11.1. The largest absolute Gasteiger partial charge is 0.459 e. The SMILES string of the molecule is C=CCO[C@@]12Oc3ccc(Oc4ccc5ccccc5c4)cc3[C@H]3[C@H](CCCCO)[C@@H](CCCCO)C=C(C(=NOCc4ccc([N+](=O)[O-])cc4)C[C@@H]1N(CCC)C(=O)c1ccc4ccccc4c1)[C@H]32. The Kier molecular flexibility index (Phi) is 15.0. The van der Waals surface area contributed by atoms with E-state index in [0.717, 1.165) is 58.4 Å². The minimum atomic E-state index is -1.44. The van der Waals surface area contributed by atoms with Crippen molar-refractivity contribution in [3.8, 4) is 17.2 Å². The van der Waals surface area contributed by atoms with Crippen LogP contribution in [0.15, 0.2) is 157 Å². The number of benzene rings is 6. The van der Waals surface area contributed by atoms with E-state index < -0.39 is 22.7 Å².